The van der Waals surface area contributed by atoms with Gasteiger partial charge in [-0.2, -0.15) is 0 Å². The first-order valence-electron chi connectivity index (χ1n) is 12.1. The number of fused-ring (bicyclic) bond motifs is 3. The minimum Gasteiger partial charge on any atom is -0.479 e. The molecule has 0 saturated carbocycles. The fourth-order valence-corrected chi connectivity index (χ4v) is 4.76. The van der Waals surface area contributed by atoms with Crippen LogP contribution in [0.15, 0.2) is 48.5 Å². The number of aliphatic carboxylic acids is 1. The molecule has 1 saturated heterocycles. The van der Waals surface area contributed by atoms with E-state index in [1.54, 1.807) is 0 Å². The first-order chi connectivity index (χ1) is 16.8. The van der Waals surface area contributed by atoms with E-state index in [-0.39, 0.29) is 38.1 Å². The molecule has 2 aromatic carbocycles. The van der Waals surface area contributed by atoms with E-state index in [0.29, 0.717) is 12.3 Å². The SMILES string of the molecule is CC(C)CCC(NC(=O)OCC1c2ccccc2-c2ccccc21)C(=O)N1CCOC(C(=O)O)C1. The van der Waals surface area contributed by atoms with E-state index in [1.165, 1.54) is 4.90 Å². The lowest BCUT2D eigenvalue weighted by molar-refractivity contribution is -0.160. The first kappa shape index (κ1) is 24.7. The molecule has 2 atom stereocenters. The molecule has 0 aromatic heterocycles. The van der Waals surface area contributed by atoms with Gasteiger partial charge in [0.2, 0.25) is 5.91 Å². The van der Waals surface area contributed by atoms with Gasteiger partial charge in [0.05, 0.1) is 13.2 Å². The summed E-state index contributed by atoms with van der Waals surface area (Å²) in [6, 6.07) is 15.4. The molecule has 0 bridgehead atoms. The van der Waals surface area contributed by atoms with Crippen molar-refractivity contribution in [3.8, 4) is 11.1 Å². The number of carboxylic acid groups (broad SMARTS) is 1. The lowest BCUT2D eigenvalue weighted by atomic mass is 9.98. The molecule has 2 aliphatic rings. The monoisotopic (exact) mass is 480 g/mol. The molecule has 0 radical (unpaired) electrons. The van der Waals surface area contributed by atoms with E-state index >= 15 is 0 Å². The zero-order valence-corrected chi connectivity index (χ0v) is 20.1. The largest absolute Gasteiger partial charge is 0.479 e. The number of nitrogens with one attached hydrogen (secondary N) is 1. The number of nitrogens with zero attached hydrogens (tertiary/aromatic N) is 1. The predicted molar refractivity (Wildman–Crippen MR) is 130 cm³/mol. The van der Waals surface area contributed by atoms with Gasteiger partial charge in [-0.05, 0) is 41.0 Å². The number of rotatable bonds is 8. The van der Waals surface area contributed by atoms with Crippen LogP contribution < -0.4 is 5.32 Å². The first-order valence-corrected chi connectivity index (χ1v) is 12.1. The lowest BCUT2D eigenvalue weighted by Crippen LogP contribution is -2.55. The zero-order valence-electron chi connectivity index (χ0n) is 20.1. The summed E-state index contributed by atoms with van der Waals surface area (Å²) in [7, 11) is 0. The molecule has 35 heavy (non-hydrogen) atoms. The summed E-state index contributed by atoms with van der Waals surface area (Å²) >= 11 is 0. The third-order valence-electron chi connectivity index (χ3n) is 6.62. The van der Waals surface area contributed by atoms with Gasteiger partial charge in [-0.15, -0.1) is 0 Å². The highest BCUT2D eigenvalue weighted by Gasteiger charge is 2.34. The van der Waals surface area contributed by atoms with Crippen LogP contribution in [0.25, 0.3) is 11.1 Å². The Bertz CT molecular complexity index is 1040. The van der Waals surface area contributed by atoms with Crippen molar-refractivity contribution in [3.63, 3.8) is 0 Å². The third-order valence-corrected chi connectivity index (χ3v) is 6.62. The van der Waals surface area contributed by atoms with Gasteiger partial charge in [-0.25, -0.2) is 9.59 Å². The molecule has 1 fully saturated rings. The molecule has 8 heteroatoms. The molecular formula is C27H32N2O6. The third kappa shape index (κ3) is 5.65. The Kier molecular flexibility index (Phi) is 7.70. The van der Waals surface area contributed by atoms with Gasteiger partial charge in [0.1, 0.15) is 12.6 Å². The number of hydrogen-bond acceptors (Lipinski definition) is 5. The van der Waals surface area contributed by atoms with Gasteiger partial charge in [-0.3, -0.25) is 4.79 Å². The number of carboxylic acids is 1. The highest BCUT2D eigenvalue weighted by molar-refractivity contribution is 5.86. The Morgan fingerprint density at radius 1 is 1.06 bits per heavy atom. The summed E-state index contributed by atoms with van der Waals surface area (Å²) in [6.07, 6.45) is -0.548. The molecule has 4 rings (SSSR count). The maximum absolute atomic E-state index is 13.2. The molecule has 1 heterocycles. The average Bonchev–Trinajstić information content (AvgIpc) is 3.18. The normalized spacial score (nSPS) is 18.0. The van der Waals surface area contributed by atoms with Gasteiger partial charge >= 0.3 is 12.1 Å². The molecule has 1 aliphatic carbocycles. The minimum absolute atomic E-state index is 0.0429. The number of carbonyl (C=O) groups excluding carboxylic acids is 2. The van der Waals surface area contributed by atoms with Crippen LogP contribution in [0, 0.1) is 5.92 Å². The summed E-state index contributed by atoms with van der Waals surface area (Å²) in [5.74, 6) is -1.15. The van der Waals surface area contributed by atoms with Crippen molar-refractivity contribution >= 4 is 18.0 Å². The second kappa shape index (κ2) is 10.9. The maximum Gasteiger partial charge on any atom is 0.407 e. The Balaban J connectivity index is 1.42. The van der Waals surface area contributed by atoms with Crippen molar-refractivity contribution in [3.05, 3.63) is 59.7 Å². The number of ether oxygens (including phenoxy) is 2. The van der Waals surface area contributed by atoms with E-state index in [0.717, 1.165) is 28.7 Å². The van der Waals surface area contributed by atoms with Gasteiger partial charge in [-0.1, -0.05) is 62.4 Å². The van der Waals surface area contributed by atoms with E-state index in [4.69, 9.17) is 9.47 Å². The molecular weight excluding hydrogens is 448 g/mol. The number of carbonyl (C=O) groups is 3. The van der Waals surface area contributed by atoms with Crippen molar-refractivity contribution in [2.75, 3.05) is 26.3 Å². The van der Waals surface area contributed by atoms with E-state index in [9.17, 15) is 19.5 Å². The molecule has 2 amide bonds. The van der Waals surface area contributed by atoms with Crippen molar-refractivity contribution in [2.45, 2.75) is 44.8 Å². The Morgan fingerprint density at radius 2 is 1.69 bits per heavy atom. The molecule has 2 N–H and O–H groups in total. The smallest absolute Gasteiger partial charge is 0.407 e. The Morgan fingerprint density at radius 3 is 2.29 bits per heavy atom. The van der Waals surface area contributed by atoms with E-state index < -0.39 is 24.2 Å². The fourth-order valence-electron chi connectivity index (χ4n) is 4.76. The van der Waals surface area contributed by atoms with Crippen molar-refractivity contribution in [2.24, 2.45) is 5.92 Å². The summed E-state index contributed by atoms with van der Waals surface area (Å²) in [4.78, 5) is 38.8. The van der Waals surface area contributed by atoms with Gasteiger partial charge < -0.3 is 24.8 Å². The number of alkyl carbamates (subject to hydrolysis) is 1. The Labute approximate surface area is 205 Å². The highest BCUT2D eigenvalue weighted by atomic mass is 16.5. The molecule has 2 unspecified atom stereocenters. The van der Waals surface area contributed by atoms with Crippen LogP contribution in [-0.4, -0.2) is 66.4 Å². The number of amides is 2. The second-order valence-electron chi connectivity index (χ2n) is 9.48. The van der Waals surface area contributed by atoms with E-state index in [2.05, 4.69) is 17.4 Å². The topological polar surface area (TPSA) is 105 Å². The standard InChI is InChI=1S/C27H32N2O6/c1-17(2)11-12-23(25(30)29-13-14-34-24(15-29)26(31)32)28-27(33)35-16-22-20-9-5-3-7-18(20)19-8-4-6-10-21(19)22/h3-10,17,22-24H,11-16H2,1-2H3,(H,28,33)(H,31,32). The van der Waals surface area contributed by atoms with Crippen molar-refractivity contribution < 1.29 is 29.0 Å². The summed E-state index contributed by atoms with van der Waals surface area (Å²) in [6.45, 7) is 4.63. The van der Waals surface area contributed by atoms with Crippen LogP contribution in [-0.2, 0) is 19.1 Å². The lowest BCUT2D eigenvalue weighted by Gasteiger charge is -2.33. The molecule has 8 nitrogen and oxygen atoms in total. The summed E-state index contributed by atoms with van der Waals surface area (Å²) in [5.41, 5.74) is 4.51. The molecule has 2 aromatic rings. The molecule has 0 spiro atoms. The van der Waals surface area contributed by atoms with Crippen LogP contribution in [0.3, 0.4) is 0 Å². The molecule has 186 valence electrons. The highest BCUT2D eigenvalue weighted by Crippen LogP contribution is 2.44. The van der Waals surface area contributed by atoms with E-state index in [1.807, 2.05) is 50.2 Å². The van der Waals surface area contributed by atoms with Crippen molar-refractivity contribution in [1.29, 1.82) is 0 Å². The predicted octanol–water partition coefficient (Wildman–Crippen LogP) is 3.64. The number of hydrogen-bond donors (Lipinski definition) is 2. The average molecular weight is 481 g/mol. The van der Waals surface area contributed by atoms with Crippen LogP contribution >= 0.6 is 0 Å². The van der Waals surface area contributed by atoms with Gasteiger partial charge in [0.25, 0.3) is 0 Å². The van der Waals surface area contributed by atoms with Crippen LogP contribution in [0.2, 0.25) is 0 Å². The van der Waals surface area contributed by atoms with Gasteiger partial charge in [0.15, 0.2) is 6.10 Å². The minimum atomic E-state index is -1.11. The summed E-state index contributed by atoms with van der Waals surface area (Å²) < 4.78 is 10.9. The van der Waals surface area contributed by atoms with Gasteiger partial charge in [0, 0.05) is 12.5 Å². The van der Waals surface area contributed by atoms with Crippen LogP contribution in [0.1, 0.15) is 43.7 Å². The quantitative estimate of drug-likeness (QED) is 0.598. The molecule has 1 aliphatic heterocycles. The fraction of sp³-hybridized carbons (Fsp3) is 0.444. The van der Waals surface area contributed by atoms with Crippen LogP contribution in [0.4, 0.5) is 4.79 Å². The maximum atomic E-state index is 13.2. The second-order valence-corrected chi connectivity index (χ2v) is 9.48. The number of benzene rings is 2. The van der Waals surface area contributed by atoms with Crippen LogP contribution in [0.5, 0.6) is 0 Å². The summed E-state index contributed by atoms with van der Waals surface area (Å²) in [5, 5.41) is 12.0. The number of morpholine rings is 1. The zero-order chi connectivity index (χ0) is 24.9. The Hall–Kier alpha value is -3.39. The van der Waals surface area contributed by atoms with Crippen molar-refractivity contribution in [1.82, 2.24) is 10.2 Å².